The molecular formula is C21H23BrN2O3S. The number of hydrogen-bond donors (Lipinski definition) is 0. The molecule has 0 N–H and O–H groups in total. The molecule has 5 nitrogen and oxygen atoms in total. The van der Waals surface area contributed by atoms with Crippen LogP contribution in [0, 0.1) is 6.92 Å². The summed E-state index contributed by atoms with van der Waals surface area (Å²) in [6, 6.07) is 13.5. The molecule has 0 aromatic heterocycles. The van der Waals surface area contributed by atoms with E-state index in [0.717, 1.165) is 35.1 Å². The van der Waals surface area contributed by atoms with Crippen LogP contribution in [0.15, 0.2) is 47.5 Å². The fourth-order valence-electron chi connectivity index (χ4n) is 3.19. The number of thioether (sulfide) groups is 1. The second-order valence-corrected chi connectivity index (χ2v) is 7.58. The van der Waals surface area contributed by atoms with E-state index >= 15 is 0 Å². The number of aliphatic imine (C=N–C) groups is 1. The largest absolute Gasteiger partial charge is 0.486 e. The van der Waals surface area contributed by atoms with Crippen LogP contribution < -0.4 is 14.4 Å². The number of hydrogen-bond acceptors (Lipinski definition) is 6. The second kappa shape index (κ2) is 9.47. The molecule has 7 heteroatoms. The topological polar surface area (TPSA) is 51.1 Å². The summed E-state index contributed by atoms with van der Waals surface area (Å²) in [5, 5.41) is 0.918. The number of ketones is 1. The van der Waals surface area contributed by atoms with E-state index in [1.165, 1.54) is 0 Å². The van der Waals surface area contributed by atoms with Crippen LogP contribution >= 0.6 is 28.7 Å². The van der Waals surface area contributed by atoms with Gasteiger partial charge in [-0.3, -0.25) is 9.79 Å². The third kappa shape index (κ3) is 4.52. The van der Waals surface area contributed by atoms with Crippen LogP contribution in [0.3, 0.4) is 0 Å². The first-order chi connectivity index (χ1) is 13.2. The van der Waals surface area contributed by atoms with E-state index in [2.05, 4.69) is 18.0 Å². The Kier molecular flexibility index (Phi) is 7.02. The lowest BCUT2D eigenvalue weighted by Gasteiger charge is -2.28. The number of benzene rings is 2. The molecule has 0 atom stereocenters. The van der Waals surface area contributed by atoms with E-state index in [1.54, 1.807) is 17.8 Å². The fourth-order valence-corrected chi connectivity index (χ4v) is 4.14. The van der Waals surface area contributed by atoms with Crippen molar-refractivity contribution in [1.82, 2.24) is 0 Å². The number of rotatable bonds is 4. The van der Waals surface area contributed by atoms with Gasteiger partial charge in [0.15, 0.2) is 22.4 Å². The summed E-state index contributed by atoms with van der Waals surface area (Å²) in [5.74, 6) is 2.39. The van der Waals surface area contributed by atoms with E-state index in [1.807, 2.05) is 35.2 Å². The van der Waals surface area contributed by atoms with Crippen molar-refractivity contribution in [2.45, 2.75) is 13.3 Å². The van der Waals surface area contributed by atoms with E-state index in [9.17, 15) is 4.79 Å². The highest BCUT2D eigenvalue weighted by atomic mass is 79.9. The number of halogens is 1. The molecule has 0 unspecified atom stereocenters. The predicted molar refractivity (Wildman–Crippen MR) is 120 cm³/mol. The molecule has 0 radical (unpaired) electrons. The molecule has 0 amide bonds. The molecule has 2 aromatic rings. The van der Waals surface area contributed by atoms with Gasteiger partial charge in [0.2, 0.25) is 0 Å². The van der Waals surface area contributed by atoms with Gasteiger partial charge >= 0.3 is 0 Å². The van der Waals surface area contributed by atoms with Crippen LogP contribution in [0.2, 0.25) is 0 Å². The predicted octanol–water partition coefficient (Wildman–Crippen LogP) is 4.53. The molecule has 2 heterocycles. The maximum absolute atomic E-state index is 13.1. The Hall–Kier alpha value is -1.99. The van der Waals surface area contributed by atoms with Gasteiger partial charge in [-0.2, -0.15) is 0 Å². The number of Topliss-reactive ketones (excluding diaryl/α,β-unsaturated/α-hetero) is 1. The lowest BCUT2D eigenvalue weighted by Crippen LogP contribution is -2.36. The maximum Gasteiger partial charge on any atom is 0.182 e. The first-order valence-electron chi connectivity index (χ1n) is 9.15. The average molecular weight is 463 g/mol. The molecule has 0 saturated heterocycles. The Morgan fingerprint density at radius 3 is 2.68 bits per heavy atom. The zero-order valence-corrected chi connectivity index (χ0v) is 18.2. The Morgan fingerprint density at radius 1 is 1.14 bits per heavy atom. The summed E-state index contributed by atoms with van der Waals surface area (Å²) in [7, 11) is 0. The van der Waals surface area contributed by atoms with Gasteiger partial charge in [0.25, 0.3) is 0 Å². The molecule has 0 bridgehead atoms. The molecule has 0 spiro atoms. The highest BCUT2D eigenvalue weighted by Crippen LogP contribution is 2.31. The Bertz CT molecular complexity index is 888. The monoisotopic (exact) mass is 462 g/mol. The van der Waals surface area contributed by atoms with Gasteiger partial charge in [0.1, 0.15) is 13.2 Å². The highest BCUT2D eigenvalue weighted by molar-refractivity contribution is 8.93. The average Bonchev–Trinajstić information content (AvgIpc) is 2.73. The lowest BCUT2D eigenvalue weighted by molar-refractivity contribution is 0.100. The molecule has 0 saturated carbocycles. The van der Waals surface area contributed by atoms with Crippen molar-refractivity contribution in [1.29, 1.82) is 0 Å². The van der Waals surface area contributed by atoms with Crippen LogP contribution in [0.1, 0.15) is 22.3 Å². The van der Waals surface area contributed by atoms with Crippen molar-refractivity contribution in [2.24, 2.45) is 4.99 Å². The summed E-state index contributed by atoms with van der Waals surface area (Å²) >= 11 is 1.71. The van der Waals surface area contributed by atoms with Crippen molar-refractivity contribution in [3.63, 3.8) is 0 Å². The minimum Gasteiger partial charge on any atom is -0.486 e. The van der Waals surface area contributed by atoms with Gasteiger partial charge < -0.3 is 14.4 Å². The first-order valence-corrected chi connectivity index (χ1v) is 10.1. The number of para-hydroxylation sites is 1. The molecule has 0 fully saturated rings. The van der Waals surface area contributed by atoms with Crippen LogP contribution in [0.25, 0.3) is 0 Å². The molecular weight excluding hydrogens is 440 g/mol. The smallest absolute Gasteiger partial charge is 0.182 e. The normalized spacial score (nSPS) is 15.2. The summed E-state index contributed by atoms with van der Waals surface area (Å²) in [4.78, 5) is 19.8. The summed E-state index contributed by atoms with van der Waals surface area (Å²) in [5.41, 5.74) is 2.78. The zero-order valence-electron chi connectivity index (χ0n) is 15.7. The lowest BCUT2D eigenvalue weighted by atomic mass is 10.1. The number of aryl methyl sites for hydroxylation is 1. The van der Waals surface area contributed by atoms with Crippen LogP contribution in [-0.4, -0.2) is 43.0 Å². The van der Waals surface area contributed by atoms with Gasteiger partial charge in [-0.25, -0.2) is 0 Å². The minimum absolute atomic E-state index is 0. The van der Waals surface area contributed by atoms with Crippen LogP contribution in [0.5, 0.6) is 11.5 Å². The Balaban J connectivity index is 0.00000225. The summed E-state index contributed by atoms with van der Waals surface area (Å²) in [6.07, 6.45) is 1.08. The number of anilines is 1. The molecule has 28 heavy (non-hydrogen) atoms. The van der Waals surface area contributed by atoms with Gasteiger partial charge in [0, 0.05) is 23.5 Å². The summed E-state index contributed by atoms with van der Waals surface area (Å²) in [6.45, 7) is 4.16. The van der Waals surface area contributed by atoms with Crippen molar-refractivity contribution in [3.8, 4) is 11.5 Å². The molecule has 0 aliphatic carbocycles. The molecule has 148 valence electrons. The van der Waals surface area contributed by atoms with E-state index in [-0.39, 0.29) is 29.3 Å². The third-order valence-electron chi connectivity index (χ3n) is 4.58. The van der Waals surface area contributed by atoms with Crippen molar-refractivity contribution in [2.75, 3.05) is 37.0 Å². The van der Waals surface area contributed by atoms with Gasteiger partial charge in [-0.05, 0) is 43.2 Å². The van der Waals surface area contributed by atoms with Crippen molar-refractivity contribution < 1.29 is 14.3 Å². The Labute approximate surface area is 179 Å². The van der Waals surface area contributed by atoms with Crippen molar-refractivity contribution >= 4 is 45.4 Å². The maximum atomic E-state index is 13.1. The van der Waals surface area contributed by atoms with Gasteiger partial charge in [-0.15, -0.1) is 17.0 Å². The molecule has 2 aliphatic heterocycles. The SMILES string of the molecule is Br.Cc1ccccc1N(CC(=O)c1ccc2c(c1)OCCO2)C1=NCCCS1. The number of carbonyl (C=O) groups is 1. The minimum atomic E-state index is 0. The number of nitrogens with zero attached hydrogens (tertiary/aromatic N) is 2. The van der Waals surface area contributed by atoms with Crippen molar-refractivity contribution in [3.05, 3.63) is 53.6 Å². The third-order valence-corrected chi connectivity index (χ3v) is 5.68. The Morgan fingerprint density at radius 2 is 1.93 bits per heavy atom. The molecule has 2 aliphatic rings. The number of fused-ring (bicyclic) bond motifs is 1. The molecule has 2 aromatic carbocycles. The van der Waals surface area contributed by atoms with Gasteiger partial charge in [0.05, 0.1) is 6.54 Å². The van der Waals surface area contributed by atoms with E-state index < -0.39 is 0 Å². The van der Waals surface area contributed by atoms with Gasteiger partial charge in [-0.1, -0.05) is 30.0 Å². The number of ether oxygens (including phenoxy) is 2. The second-order valence-electron chi connectivity index (χ2n) is 6.52. The first kappa shape index (κ1) is 20.7. The fraction of sp³-hybridized carbons (Fsp3) is 0.333. The number of amidine groups is 1. The van der Waals surface area contributed by atoms with E-state index in [4.69, 9.17) is 9.47 Å². The standard InChI is InChI=1S/C21H22N2O3S.BrH/c1-15-5-2-3-6-17(15)23(21-22-9-4-12-27-21)14-18(24)16-7-8-19-20(13-16)26-11-10-25-19;/h2-3,5-8,13H,4,9-12,14H2,1H3;1H. The quantitative estimate of drug-likeness (QED) is 0.624. The van der Waals surface area contributed by atoms with Crippen LogP contribution in [0.4, 0.5) is 5.69 Å². The summed E-state index contributed by atoms with van der Waals surface area (Å²) < 4.78 is 11.2. The highest BCUT2D eigenvalue weighted by Gasteiger charge is 2.23. The van der Waals surface area contributed by atoms with E-state index in [0.29, 0.717) is 30.3 Å². The zero-order chi connectivity index (χ0) is 18.6. The number of carbonyl (C=O) groups excluding carboxylic acids is 1. The molecule has 4 rings (SSSR count). The van der Waals surface area contributed by atoms with Crippen LogP contribution in [-0.2, 0) is 0 Å².